The van der Waals surface area contributed by atoms with Crippen LogP contribution in [-0.4, -0.2) is 41.5 Å². The van der Waals surface area contributed by atoms with E-state index in [-0.39, 0.29) is 6.54 Å². The van der Waals surface area contributed by atoms with Crippen LogP contribution in [-0.2, 0) is 33.1 Å². The van der Waals surface area contributed by atoms with Crippen LogP contribution in [0, 0.1) is 5.92 Å². The van der Waals surface area contributed by atoms with Gasteiger partial charge in [-0.05, 0) is 12.8 Å². The molecular weight excluding hydrogens is 284 g/mol. The van der Waals surface area contributed by atoms with Crippen LogP contribution in [0.3, 0.4) is 0 Å². The van der Waals surface area contributed by atoms with Gasteiger partial charge in [0.2, 0.25) is 10.0 Å². The van der Waals surface area contributed by atoms with Crippen molar-refractivity contribution in [2.24, 2.45) is 13.0 Å². The summed E-state index contributed by atoms with van der Waals surface area (Å²) >= 11 is 0. The van der Waals surface area contributed by atoms with Crippen LogP contribution in [0.5, 0.6) is 0 Å². The molecule has 1 aliphatic rings. The molecule has 1 aliphatic carbocycles. The van der Waals surface area contributed by atoms with E-state index in [0.29, 0.717) is 25.1 Å². The predicted octanol–water partition coefficient (Wildman–Crippen LogP) is -0.424. The smallest absolute Gasteiger partial charge is 0.310 e. The molecule has 20 heavy (non-hydrogen) atoms. The molecule has 0 aromatic carbocycles. The van der Waals surface area contributed by atoms with E-state index in [9.17, 15) is 13.2 Å². The first-order valence-corrected chi connectivity index (χ1v) is 7.89. The number of rotatable bonds is 5. The Morgan fingerprint density at radius 3 is 2.90 bits per heavy atom. The quantitative estimate of drug-likeness (QED) is 0.741. The average Bonchev–Trinajstić information content (AvgIpc) is 3.04. The Morgan fingerprint density at radius 2 is 2.30 bits per heavy atom. The second kappa shape index (κ2) is 5.88. The van der Waals surface area contributed by atoms with Crippen molar-refractivity contribution in [3.05, 3.63) is 12.2 Å². The molecule has 9 heteroatoms. The highest BCUT2D eigenvalue weighted by Crippen LogP contribution is 2.31. The van der Waals surface area contributed by atoms with E-state index in [1.54, 1.807) is 7.05 Å². The van der Waals surface area contributed by atoms with Crippen LogP contribution in [0.2, 0.25) is 0 Å². The number of aryl methyl sites for hydroxylation is 1. The highest BCUT2D eigenvalue weighted by Gasteiger charge is 2.42. The first-order valence-electron chi connectivity index (χ1n) is 6.35. The molecule has 1 N–H and O–H groups in total. The van der Waals surface area contributed by atoms with Crippen molar-refractivity contribution in [2.75, 3.05) is 7.11 Å². The van der Waals surface area contributed by atoms with Gasteiger partial charge in [-0.15, -0.1) is 0 Å². The van der Waals surface area contributed by atoms with Crippen LogP contribution in [0.15, 0.2) is 6.33 Å². The predicted molar refractivity (Wildman–Crippen MR) is 69.9 cm³/mol. The Kier molecular flexibility index (Phi) is 4.39. The summed E-state index contributed by atoms with van der Waals surface area (Å²) in [7, 11) is -0.616. The number of carbonyl (C=O) groups excluding carboxylic acids is 1. The average molecular weight is 302 g/mol. The number of hydrogen-bond acceptors (Lipinski definition) is 6. The summed E-state index contributed by atoms with van der Waals surface area (Å²) in [4.78, 5) is 15.6. The monoisotopic (exact) mass is 302 g/mol. The molecule has 1 aromatic heterocycles. The topological polar surface area (TPSA) is 103 Å². The van der Waals surface area contributed by atoms with Gasteiger partial charge in [0.15, 0.2) is 5.82 Å². The molecule has 1 fully saturated rings. The van der Waals surface area contributed by atoms with Crippen molar-refractivity contribution in [3.8, 4) is 0 Å². The Bertz CT molecular complexity index is 583. The standard InChI is InChI=1S/C11H18N4O4S/c1-15-7-12-10(14-15)6-13-20(17,18)9-5-3-4-8(9)11(16)19-2/h7-9,13H,3-6H2,1-2H3. The first-order chi connectivity index (χ1) is 9.44. The van der Waals surface area contributed by atoms with Gasteiger partial charge in [0, 0.05) is 7.05 Å². The Hall–Kier alpha value is -1.48. The third-order valence-electron chi connectivity index (χ3n) is 3.43. The fraction of sp³-hybridized carbons (Fsp3) is 0.727. The minimum absolute atomic E-state index is 0.0214. The summed E-state index contributed by atoms with van der Waals surface area (Å²) in [6, 6.07) is 0. The summed E-state index contributed by atoms with van der Waals surface area (Å²) in [6.45, 7) is 0.0214. The maximum atomic E-state index is 12.3. The summed E-state index contributed by atoms with van der Waals surface area (Å²) in [6.07, 6.45) is 3.20. The van der Waals surface area contributed by atoms with Gasteiger partial charge < -0.3 is 4.74 Å². The number of methoxy groups -OCH3 is 1. The molecule has 2 atom stereocenters. The molecule has 8 nitrogen and oxygen atoms in total. The largest absolute Gasteiger partial charge is 0.469 e. The Morgan fingerprint density at radius 1 is 1.55 bits per heavy atom. The molecule has 2 rings (SSSR count). The van der Waals surface area contributed by atoms with Crippen molar-refractivity contribution in [1.29, 1.82) is 0 Å². The Balaban J connectivity index is 2.04. The van der Waals surface area contributed by atoms with Crippen molar-refractivity contribution < 1.29 is 17.9 Å². The zero-order valence-corrected chi connectivity index (χ0v) is 12.3. The van der Waals surface area contributed by atoms with Crippen LogP contribution >= 0.6 is 0 Å². The molecule has 1 saturated carbocycles. The number of carbonyl (C=O) groups is 1. The van der Waals surface area contributed by atoms with Gasteiger partial charge >= 0.3 is 5.97 Å². The molecule has 1 heterocycles. The number of aromatic nitrogens is 3. The van der Waals surface area contributed by atoms with Crippen molar-refractivity contribution >= 4 is 16.0 Å². The van der Waals surface area contributed by atoms with Gasteiger partial charge in [-0.2, -0.15) is 5.10 Å². The Labute approximate surface area is 117 Å². The highest BCUT2D eigenvalue weighted by molar-refractivity contribution is 7.90. The summed E-state index contributed by atoms with van der Waals surface area (Å²) in [5, 5.41) is 3.26. The lowest BCUT2D eigenvalue weighted by Crippen LogP contribution is -2.39. The van der Waals surface area contributed by atoms with E-state index in [2.05, 4.69) is 19.5 Å². The van der Waals surface area contributed by atoms with Gasteiger partial charge in [0.1, 0.15) is 6.33 Å². The van der Waals surface area contributed by atoms with E-state index in [1.165, 1.54) is 18.1 Å². The van der Waals surface area contributed by atoms with Crippen LogP contribution in [0.25, 0.3) is 0 Å². The number of hydrogen-bond donors (Lipinski definition) is 1. The molecule has 0 saturated heterocycles. The normalized spacial score (nSPS) is 22.9. The second-order valence-electron chi connectivity index (χ2n) is 4.80. The number of nitrogens with zero attached hydrogens (tertiary/aromatic N) is 3. The number of ether oxygens (including phenoxy) is 1. The molecule has 1 aromatic rings. The summed E-state index contributed by atoms with van der Waals surface area (Å²) < 4.78 is 33.2. The molecule has 2 unspecified atom stereocenters. The first kappa shape index (κ1) is 14.9. The number of nitrogens with one attached hydrogen (secondary N) is 1. The fourth-order valence-electron chi connectivity index (χ4n) is 2.46. The lowest BCUT2D eigenvalue weighted by molar-refractivity contribution is -0.145. The zero-order chi connectivity index (χ0) is 14.8. The van der Waals surface area contributed by atoms with Crippen molar-refractivity contribution in [3.63, 3.8) is 0 Å². The molecule has 112 valence electrons. The molecule has 0 aliphatic heterocycles. The highest BCUT2D eigenvalue weighted by atomic mass is 32.2. The lowest BCUT2D eigenvalue weighted by atomic mass is 10.1. The van der Waals surface area contributed by atoms with E-state index in [0.717, 1.165) is 0 Å². The molecule has 0 bridgehead atoms. The van der Waals surface area contributed by atoms with Crippen molar-refractivity contribution in [2.45, 2.75) is 31.1 Å². The van der Waals surface area contributed by atoms with Crippen LogP contribution in [0.4, 0.5) is 0 Å². The second-order valence-corrected chi connectivity index (χ2v) is 6.78. The van der Waals surface area contributed by atoms with E-state index in [1.807, 2.05) is 0 Å². The number of esters is 1. The molecule has 0 radical (unpaired) electrons. The third-order valence-corrected chi connectivity index (χ3v) is 5.34. The van der Waals surface area contributed by atoms with Gasteiger partial charge in [-0.25, -0.2) is 18.1 Å². The molecule has 0 amide bonds. The fourth-order valence-corrected chi connectivity index (χ4v) is 4.16. The minimum Gasteiger partial charge on any atom is -0.469 e. The molecule has 0 spiro atoms. The lowest BCUT2D eigenvalue weighted by Gasteiger charge is -2.17. The van der Waals surface area contributed by atoms with E-state index < -0.39 is 27.2 Å². The van der Waals surface area contributed by atoms with Crippen LogP contribution in [0.1, 0.15) is 25.1 Å². The van der Waals surface area contributed by atoms with E-state index >= 15 is 0 Å². The van der Waals surface area contributed by atoms with Crippen LogP contribution < -0.4 is 4.72 Å². The maximum Gasteiger partial charge on any atom is 0.310 e. The maximum absolute atomic E-state index is 12.3. The summed E-state index contributed by atoms with van der Waals surface area (Å²) in [5.41, 5.74) is 0. The SMILES string of the molecule is COC(=O)C1CCCC1S(=O)(=O)NCc1ncn(C)n1. The van der Waals surface area contributed by atoms with Crippen molar-refractivity contribution in [1.82, 2.24) is 19.5 Å². The minimum atomic E-state index is -3.59. The van der Waals surface area contributed by atoms with Gasteiger partial charge in [0.25, 0.3) is 0 Å². The number of sulfonamides is 1. The molecular formula is C11H18N4O4S. The van der Waals surface area contributed by atoms with Gasteiger partial charge in [-0.3, -0.25) is 9.48 Å². The third kappa shape index (κ3) is 3.15. The van der Waals surface area contributed by atoms with Gasteiger partial charge in [-0.1, -0.05) is 6.42 Å². The zero-order valence-electron chi connectivity index (χ0n) is 11.4. The van der Waals surface area contributed by atoms with Gasteiger partial charge in [0.05, 0.1) is 24.8 Å². The summed E-state index contributed by atoms with van der Waals surface area (Å²) in [5.74, 6) is -0.660. The van der Waals surface area contributed by atoms with E-state index in [4.69, 9.17) is 0 Å².